The van der Waals surface area contributed by atoms with Gasteiger partial charge in [0.15, 0.2) is 5.65 Å². The van der Waals surface area contributed by atoms with Gasteiger partial charge in [-0.25, -0.2) is 4.68 Å². The van der Waals surface area contributed by atoms with Crippen molar-refractivity contribution in [3.05, 3.63) is 65.2 Å². The van der Waals surface area contributed by atoms with Crippen molar-refractivity contribution in [1.29, 1.82) is 0 Å². The molecule has 196 valence electrons. The van der Waals surface area contributed by atoms with Gasteiger partial charge in [-0.15, -0.1) is 10.2 Å². The highest BCUT2D eigenvalue weighted by molar-refractivity contribution is 6.38. The molecule has 2 aliphatic rings. The third-order valence-corrected chi connectivity index (χ3v) is 8.01. The van der Waals surface area contributed by atoms with Crippen LogP contribution in [-0.4, -0.2) is 93.4 Å². The lowest BCUT2D eigenvalue weighted by atomic mass is 10.0. The fraction of sp³-hybridized carbons (Fsp3) is 0.379. The van der Waals surface area contributed by atoms with Crippen molar-refractivity contribution in [2.75, 3.05) is 52.9 Å². The van der Waals surface area contributed by atoms with Crippen LogP contribution in [0.3, 0.4) is 0 Å². The topological polar surface area (TPSA) is 70.4 Å². The highest BCUT2D eigenvalue weighted by Gasteiger charge is 2.24. The maximum Gasteiger partial charge on any atom is 0.253 e. The van der Waals surface area contributed by atoms with Crippen molar-refractivity contribution in [2.45, 2.75) is 19.4 Å². The van der Waals surface area contributed by atoms with Crippen molar-refractivity contribution in [2.24, 2.45) is 0 Å². The summed E-state index contributed by atoms with van der Waals surface area (Å²) < 4.78 is 1.92. The summed E-state index contributed by atoms with van der Waals surface area (Å²) in [6, 6.07) is 17.6. The zero-order valence-electron chi connectivity index (χ0n) is 21.7. The van der Waals surface area contributed by atoms with Gasteiger partial charge in [-0.05, 0) is 32.0 Å². The number of aromatic nitrogens is 4. The summed E-state index contributed by atoms with van der Waals surface area (Å²) in [7, 11) is 2.16. The first-order chi connectivity index (χ1) is 18.6. The smallest absolute Gasteiger partial charge is 0.253 e. The molecule has 2 fully saturated rings. The number of carbonyl (C=O) groups is 1. The first kappa shape index (κ1) is 25.0. The van der Waals surface area contributed by atoms with Gasteiger partial charge in [0.25, 0.3) is 5.91 Å². The largest absolute Gasteiger partial charge is 0.339 e. The fourth-order valence-corrected chi connectivity index (χ4v) is 5.69. The summed E-state index contributed by atoms with van der Waals surface area (Å²) in [5, 5.41) is 15.5. The molecule has 0 unspecified atom stereocenters. The van der Waals surface area contributed by atoms with E-state index in [2.05, 4.69) is 27.0 Å². The monoisotopic (exact) mass is 529 g/mol. The van der Waals surface area contributed by atoms with Crippen molar-refractivity contribution < 1.29 is 4.79 Å². The average Bonchev–Trinajstić information content (AvgIpc) is 3.62. The lowest BCUT2D eigenvalue weighted by Gasteiger charge is -2.32. The van der Waals surface area contributed by atoms with Gasteiger partial charge in [0.05, 0.1) is 17.0 Å². The van der Waals surface area contributed by atoms with E-state index >= 15 is 0 Å². The second-order valence-corrected chi connectivity index (χ2v) is 10.6. The summed E-state index contributed by atoms with van der Waals surface area (Å²) in [6.07, 6.45) is 2.12. The Morgan fingerprint density at radius 2 is 1.58 bits per heavy atom. The molecule has 2 aliphatic heterocycles. The molecule has 2 aromatic carbocycles. The van der Waals surface area contributed by atoms with Crippen molar-refractivity contribution in [3.8, 4) is 22.5 Å². The molecule has 1 amide bonds. The number of piperazine rings is 1. The van der Waals surface area contributed by atoms with Crippen LogP contribution in [-0.2, 0) is 6.54 Å². The van der Waals surface area contributed by atoms with E-state index in [1.165, 1.54) is 0 Å². The van der Waals surface area contributed by atoms with Gasteiger partial charge in [0.1, 0.15) is 11.4 Å². The molecule has 6 rings (SSSR count). The Bertz CT molecular complexity index is 1440. The van der Waals surface area contributed by atoms with Gasteiger partial charge in [-0.1, -0.05) is 54.1 Å². The molecule has 0 N–H and O–H groups in total. The van der Waals surface area contributed by atoms with E-state index in [1.807, 2.05) is 64.2 Å². The summed E-state index contributed by atoms with van der Waals surface area (Å²) >= 11 is 7.07. The maximum atomic E-state index is 13.1. The number of rotatable bonds is 6. The molecular weight excluding hydrogens is 498 g/mol. The molecule has 0 radical (unpaired) electrons. The Labute approximate surface area is 227 Å². The average molecular weight is 530 g/mol. The molecule has 2 saturated heterocycles. The summed E-state index contributed by atoms with van der Waals surface area (Å²) in [4.78, 5) is 19.9. The van der Waals surface area contributed by atoms with Crippen molar-refractivity contribution in [1.82, 2.24) is 34.7 Å². The molecule has 9 heteroatoms. The molecule has 0 spiro atoms. The first-order valence-corrected chi connectivity index (χ1v) is 13.7. The highest BCUT2D eigenvalue weighted by Crippen LogP contribution is 2.37. The number of likely N-dealkylation sites (tertiary alicyclic amines) is 1. The van der Waals surface area contributed by atoms with Gasteiger partial charge < -0.3 is 9.80 Å². The number of likely N-dealkylation sites (N-methyl/N-ethyl adjacent to an activating group) is 1. The van der Waals surface area contributed by atoms with E-state index in [0.29, 0.717) is 28.5 Å². The predicted octanol–water partition coefficient (Wildman–Crippen LogP) is 4.30. The van der Waals surface area contributed by atoms with Gasteiger partial charge in [0, 0.05) is 62.5 Å². The van der Waals surface area contributed by atoms with Gasteiger partial charge in [0.2, 0.25) is 0 Å². The van der Waals surface area contributed by atoms with Gasteiger partial charge in [-0.2, -0.15) is 5.10 Å². The van der Waals surface area contributed by atoms with Crippen LogP contribution < -0.4 is 0 Å². The lowest BCUT2D eigenvalue weighted by Crippen LogP contribution is -2.45. The second-order valence-electron chi connectivity index (χ2n) is 10.2. The zero-order valence-corrected chi connectivity index (χ0v) is 22.4. The molecule has 8 nitrogen and oxygen atoms in total. The van der Waals surface area contributed by atoms with Gasteiger partial charge in [-0.3, -0.25) is 9.69 Å². The molecule has 0 bridgehead atoms. The second kappa shape index (κ2) is 10.8. The van der Waals surface area contributed by atoms with E-state index in [-0.39, 0.29) is 5.91 Å². The van der Waals surface area contributed by atoms with E-state index in [0.717, 1.165) is 80.9 Å². The quantitative estimate of drug-likeness (QED) is 0.371. The molecule has 0 aliphatic carbocycles. The van der Waals surface area contributed by atoms with Crippen LogP contribution in [0.25, 0.3) is 33.5 Å². The molecular formula is C29H32ClN7O. The molecule has 0 saturated carbocycles. The Balaban J connectivity index is 1.41. The number of fused-ring (bicyclic) bond motifs is 1. The third kappa shape index (κ3) is 4.91. The number of benzene rings is 2. The molecule has 38 heavy (non-hydrogen) atoms. The Kier molecular flexibility index (Phi) is 7.10. The lowest BCUT2D eigenvalue weighted by molar-refractivity contribution is 0.0793. The van der Waals surface area contributed by atoms with Crippen LogP contribution in [0.2, 0.25) is 5.02 Å². The molecule has 4 heterocycles. The van der Waals surface area contributed by atoms with Crippen LogP contribution >= 0.6 is 11.6 Å². The van der Waals surface area contributed by atoms with Gasteiger partial charge >= 0.3 is 0 Å². The summed E-state index contributed by atoms with van der Waals surface area (Å²) in [5.41, 5.74) is 4.45. The van der Waals surface area contributed by atoms with Crippen LogP contribution in [0.5, 0.6) is 0 Å². The number of halogens is 1. The SMILES string of the molecule is CN1CCN(CCn2nc(-c3cccc(C(=O)N4CCCC4)c3)c3c(Cl)c(-c4ccccc4)nnc32)CC1. The first-order valence-electron chi connectivity index (χ1n) is 13.4. The van der Waals surface area contributed by atoms with E-state index in [1.54, 1.807) is 0 Å². The number of carbonyl (C=O) groups excluding carboxylic acids is 1. The van der Waals surface area contributed by atoms with E-state index in [9.17, 15) is 4.79 Å². The third-order valence-electron chi connectivity index (χ3n) is 7.65. The predicted molar refractivity (Wildman–Crippen MR) is 150 cm³/mol. The minimum atomic E-state index is 0.0685. The molecule has 0 atom stereocenters. The Morgan fingerprint density at radius 3 is 2.34 bits per heavy atom. The van der Waals surface area contributed by atoms with Crippen LogP contribution in [0.1, 0.15) is 23.2 Å². The zero-order chi connectivity index (χ0) is 26.1. The normalized spacial score (nSPS) is 16.9. The van der Waals surface area contributed by atoms with Crippen LogP contribution in [0, 0.1) is 0 Å². The standard InChI is InChI=1S/C29H32ClN7O/c1-34-14-16-35(17-15-34)18-19-37-28-24(25(30)27(31-32-28)21-8-3-2-4-9-21)26(33-37)22-10-7-11-23(20-22)29(38)36-12-5-6-13-36/h2-4,7-11,20H,5-6,12-19H2,1H3. The van der Waals surface area contributed by atoms with Crippen molar-refractivity contribution >= 4 is 28.5 Å². The minimum Gasteiger partial charge on any atom is -0.339 e. The number of hydrogen-bond donors (Lipinski definition) is 0. The van der Waals surface area contributed by atoms with E-state index in [4.69, 9.17) is 16.7 Å². The summed E-state index contributed by atoms with van der Waals surface area (Å²) in [6.45, 7) is 7.38. The number of nitrogens with zero attached hydrogens (tertiary/aromatic N) is 7. The maximum absolute atomic E-state index is 13.1. The Hall–Kier alpha value is -3.33. The fourth-order valence-electron chi connectivity index (χ4n) is 5.36. The van der Waals surface area contributed by atoms with Crippen molar-refractivity contribution in [3.63, 3.8) is 0 Å². The number of amides is 1. The molecule has 4 aromatic rings. The van der Waals surface area contributed by atoms with Crippen LogP contribution in [0.4, 0.5) is 0 Å². The number of hydrogen-bond acceptors (Lipinski definition) is 6. The molecule has 2 aromatic heterocycles. The van der Waals surface area contributed by atoms with E-state index < -0.39 is 0 Å². The summed E-state index contributed by atoms with van der Waals surface area (Å²) in [5.74, 6) is 0.0685. The highest BCUT2D eigenvalue weighted by atomic mass is 35.5. The minimum absolute atomic E-state index is 0.0685. The Morgan fingerprint density at radius 1 is 0.842 bits per heavy atom. The van der Waals surface area contributed by atoms with Crippen LogP contribution in [0.15, 0.2) is 54.6 Å².